The normalized spacial score (nSPS) is 17.5. The largest absolute Gasteiger partial charge is 0.493 e. The summed E-state index contributed by atoms with van der Waals surface area (Å²) in [6, 6.07) is 4.17. The molecular formula is C18H24N2O5. The standard InChI is InChI=1S/C18H24N2O5/c1-10-13(16(21)25-18(2,3)4)14(20-17(22)19-10)11-8-7-9-12(23-5)15(11)24-6/h7-9,14H,1-6H3,(H2,19,20,22)/t14-/m1/s1. The number of carbonyl (C=O) groups excluding carboxylic acids is 2. The summed E-state index contributed by atoms with van der Waals surface area (Å²) in [7, 11) is 3.03. The molecule has 1 aliphatic rings. The summed E-state index contributed by atoms with van der Waals surface area (Å²) in [6.45, 7) is 7.03. The van der Waals surface area contributed by atoms with Gasteiger partial charge in [0.1, 0.15) is 5.60 Å². The summed E-state index contributed by atoms with van der Waals surface area (Å²) >= 11 is 0. The third-order valence-electron chi connectivity index (χ3n) is 3.63. The molecule has 7 nitrogen and oxygen atoms in total. The van der Waals surface area contributed by atoms with Crippen LogP contribution in [0.25, 0.3) is 0 Å². The fraction of sp³-hybridized carbons (Fsp3) is 0.444. The second kappa shape index (κ2) is 7.04. The Bertz CT molecular complexity index is 719. The number of amides is 2. The average molecular weight is 348 g/mol. The van der Waals surface area contributed by atoms with Crippen molar-refractivity contribution in [2.24, 2.45) is 0 Å². The first-order valence-electron chi connectivity index (χ1n) is 7.90. The van der Waals surface area contributed by atoms with Gasteiger partial charge in [0, 0.05) is 11.3 Å². The van der Waals surface area contributed by atoms with Gasteiger partial charge in [0.25, 0.3) is 0 Å². The van der Waals surface area contributed by atoms with Crippen LogP contribution in [0.1, 0.15) is 39.3 Å². The van der Waals surface area contributed by atoms with Gasteiger partial charge in [-0.05, 0) is 33.8 Å². The van der Waals surface area contributed by atoms with E-state index in [1.165, 1.54) is 14.2 Å². The molecule has 0 spiro atoms. The van der Waals surface area contributed by atoms with Crippen LogP contribution in [0.4, 0.5) is 4.79 Å². The number of carbonyl (C=O) groups is 2. The van der Waals surface area contributed by atoms with Crippen molar-refractivity contribution in [1.29, 1.82) is 0 Å². The Hall–Kier alpha value is -2.70. The zero-order valence-electron chi connectivity index (χ0n) is 15.4. The molecule has 25 heavy (non-hydrogen) atoms. The highest BCUT2D eigenvalue weighted by atomic mass is 16.6. The number of rotatable bonds is 4. The molecule has 1 aromatic carbocycles. The molecule has 0 aromatic heterocycles. The first-order chi connectivity index (χ1) is 11.7. The summed E-state index contributed by atoms with van der Waals surface area (Å²) in [5.41, 5.74) is 0.709. The molecule has 0 bridgehead atoms. The van der Waals surface area contributed by atoms with Crippen LogP contribution in [-0.2, 0) is 9.53 Å². The molecule has 7 heteroatoms. The maximum atomic E-state index is 12.7. The van der Waals surface area contributed by atoms with Gasteiger partial charge in [-0.15, -0.1) is 0 Å². The van der Waals surface area contributed by atoms with Crippen LogP contribution in [0.3, 0.4) is 0 Å². The van der Waals surface area contributed by atoms with E-state index in [2.05, 4.69) is 10.6 Å². The maximum absolute atomic E-state index is 12.7. The van der Waals surface area contributed by atoms with Gasteiger partial charge in [0.2, 0.25) is 0 Å². The Labute approximate surface area is 147 Å². The van der Waals surface area contributed by atoms with Crippen molar-refractivity contribution in [2.75, 3.05) is 14.2 Å². The fourth-order valence-electron chi connectivity index (χ4n) is 2.67. The number of hydrogen-bond donors (Lipinski definition) is 2. The Morgan fingerprint density at radius 2 is 1.84 bits per heavy atom. The van der Waals surface area contributed by atoms with E-state index in [1.807, 2.05) is 0 Å². The van der Waals surface area contributed by atoms with E-state index in [0.29, 0.717) is 28.3 Å². The molecule has 2 amide bonds. The minimum atomic E-state index is -0.714. The first-order valence-corrected chi connectivity index (χ1v) is 7.90. The van der Waals surface area contributed by atoms with Crippen LogP contribution in [-0.4, -0.2) is 31.8 Å². The van der Waals surface area contributed by atoms with Crippen LogP contribution in [0.5, 0.6) is 11.5 Å². The zero-order valence-corrected chi connectivity index (χ0v) is 15.4. The Kier molecular flexibility index (Phi) is 5.25. The van der Waals surface area contributed by atoms with Gasteiger partial charge in [0.05, 0.1) is 25.8 Å². The maximum Gasteiger partial charge on any atom is 0.338 e. The number of esters is 1. The third kappa shape index (κ3) is 4.04. The molecule has 0 radical (unpaired) electrons. The molecule has 1 aromatic rings. The molecule has 2 rings (SSSR count). The van der Waals surface area contributed by atoms with E-state index < -0.39 is 23.6 Å². The zero-order chi connectivity index (χ0) is 18.8. The number of nitrogens with one attached hydrogen (secondary N) is 2. The molecule has 1 heterocycles. The van der Waals surface area contributed by atoms with Crippen molar-refractivity contribution >= 4 is 12.0 Å². The van der Waals surface area contributed by atoms with Crippen LogP contribution in [0.15, 0.2) is 29.5 Å². The van der Waals surface area contributed by atoms with Gasteiger partial charge in [-0.2, -0.15) is 0 Å². The van der Waals surface area contributed by atoms with E-state index in [-0.39, 0.29) is 0 Å². The van der Waals surface area contributed by atoms with Crippen molar-refractivity contribution in [3.05, 3.63) is 35.0 Å². The first kappa shape index (κ1) is 18.6. The average Bonchev–Trinajstić information content (AvgIpc) is 2.51. The predicted molar refractivity (Wildman–Crippen MR) is 92.5 cm³/mol. The van der Waals surface area contributed by atoms with Crippen molar-refractivity contribution < 1.29 is 23.8 Å². The minimum Gasteiger partial charge on any atom is -0.493 e. The number of urea groups is 1. The van der Waals surface area contributed by atoms with Gasteiger partial charge in [0.15, 0.2) is 11.5 Å². The molecule has 0 saturated carbocycles. The molecule has 0 unspecified atom stereocenters. The highest BCUT2D eigenvalue weighted by molar-refractivity contribution is 5.95. The minimum absolute atomic E-state index is 0.320. The van der Waals surface area contributed by atoms with E-state index in [0.717, 1.165) is 0 Å². The smallest absolute Gasteiger partial charge is 0.338 e. The molecular weight excluding hydrogens is 324 g/mol. The fourth-order valence-corrected chi connectivity index (χ4v) is 2.67. The number of methoxy groups -OCH3 is 2. The Balaban J connectivity index is 2.56. The van der Waals surface area contributed by atoms with Crippen molar-refractivity contribution in [1.82, 2.24) is 10.6 Å². The highest BCUT2D eigenvalue weighted by Crippen LogP contribution is 2.39. The van der Waals surface area contributed by atoms with Crippen LogP contribution >= 0.6 is 0 Å². The number of para-hydroxylation sites is 1. The second-order valence-corrected chi connectivity index (χ2v) is 6.65. The van der Waals surface area contributed by atoms with Crippen molar-refractivity contribution in [3.63, 3.8) is 0 Å². The van der Waals surface area contributed by atoms with Crippen molar-refractivity contribution in [3.8, 4) is 11.5 Å². The number of ether oxygens (including phenoxy) is 3. The number of hydrogen-bond acceptors (Lipinski definition) is 5. The Morgan fingerprint density at radius 1 is 1.16 bits per heavy atom. The third-order valence-corrected chi connectivity index (χ3v) is 3.63. The summed E-state index contributed by atoms with van der Waals surface area (Å²) in [4.78, 5) is 24.7. The van der Waals surface area contributed by atoms with Gasteiger partial charge in [-0.25, -0.2) is 9.59 Å². The molecule has 0 saturated heterocycles. The molecule has 0 fully saturated rings. The molecule has 1 aliphatic heterocycles. The number of benzene rings is 1. The topological polar surface area (TPSA) is 85.9 Å². The molecule has 2 N–H and O–H groups in total. The number of allylic oxidation sites excluding steroid dienone is 1. The molecule has 1 atom stereocenters. The quantitative estimate of drug-likeness (QED) is 0.817. The molecule has 0 aliphatic carbocycles. The van der Waals surface area contributed by atoms with Crippen molar-refractivity contribution in [2.45, 2.75) is 39.3 Å². The van der Waals surface area contributed by atoms with E-state index in [4.69, 9.17) is 14.2 Å². The Morgan fingerprint density at radius 3 is 2.40 bits per heavy atom. The SMILES string of the molecule is COc1cccc([C@H]2NC(=O)NC(C)=C2C(=O)OC(C)(C)C)c1OC. The summed E-state index contributed by atoms with van der Waals surface area (Å²) < 4.78 is 16.3. The van der Waals surface area contributed by atoms with E-state index in [9.17, 15) is 9.59 Å². The summed E-state index contributed by atoms with van der Waals surface area (Å²) in [5.74, 6) is 0.451. The molecule has 136 valence electrons. The predicted octanol–water partition coefficient (Wildman–Crippen LogP) is 2.67. The van der Waals surface area contributed by atoms with Crippen LogP contribution in [0, 0.1) is 0 Å². The summed E-state index contributed by atoms with van der Waals surface area (Å²) in [6.07, 6.45) is 0. The lowest BCUT2D eigenvalue weighted by molar-refractivity contribution is -0.150. The lowest BCUT2D eigenvalue weighted by Crippen LogP contribution is -2.46. The van der Waals surface area contributed by atoms with Crippen LogP contribution in [0.2, 0.25) is 0 Å². The lowest BCUT2D eigenvalue weighted by atomic mass is 9.94. The highest BCUT2D eigenvalue weighted by Gasteiger charge is 2.36. The van der Waals surface area contributed by atoms with Gasteiger partial charge < -0.3 is 24.8 Å². The van der Waals surface area contributed by atoms with E-state index in [1.54, 1.807) is 45.9 Å². The van der Waals surface area contributed by atoms with Gasteiger partial charge in [-0.1, -0.05) is 12.1 Å². The van der Waals surface area contributed by atoms with Gasteiger partial charge in [-0.3, -0.25) is 0 Å². The second-order valence-electron chi connectivity index (χ2n) is 6.65. The van der Waals surface area contributed by atoms with Crippen LogP contribution < -0.4 is 20.1 Å². The lowest BCUT2D eigenvalue weighted by Gasteiger charge is -2.31. The summed E-state index contributed by atoms with van der Waals surface area (Å²) in [5, 5.41) is 5.38. The van der Waals surface area contributed by atoms with Gasteiger partial charge >= 0.3 is 12.0 Å². The monoisotopic (exact) mass is 348 g/mol. The van der Waals surface area contributed by atoms with E-state index >= 15 is 0 Å².